The Hall–Kier alpha value is -5.66. The van der Waals surface area contributed by atoms with E-state index in [0.29, 0.717) is 43.3 Å². The fourth-order valence-electron chi connectivity index (χ4n) is 3.69. The molecule has 1 amide bonds. The molecule has 6 N–H and O–H groups in total. The summed E-state index contributed by atoms with van der Waals surface area (Å²) < 4.78 is 10.3. The topological polar surface area (TPSA) is 267 Å². The number of nitrogens with one attached hydrogen (secondary N) is 2. The number of alkyl carbamates (subject to hydrolysis) is 1. The predicted octanol–water partition coefficient (Wildman–Crippen LogP) is 6.36. The van der Waals surface area contributed by atoms with E-state index in [2.05, 4.69) is 22.1 Å². The Balaban J connectivity index is 0. The number of aromatic amines is 1. The molecule has 0 atom stereocenters. The molecule has 0 unspecified atom stereocenters. The molecule has 1 aromatic heterocycles. The molecule has 0 saturated carbocycles. The van der Waals surface area contributed by atoms with E-state index in [-0.39, 0.29) is 40.1 Å². The van der Waals surface area contributed by atoms with E-state index in [1.165, 1.54) is 30.3 Å². The summed E-state index contributed by atoms with van der Waals surface area (Å²) in [5, 5.41) is 39.7. The van der Waals surface area contributed by atoms with E-state index in [4.69, 9.17) is 35.0 Å². The standard InChI is InChI=1S/C16H20N2O4.C15H19N3O4.2C2H4O2.Cu/c1-16(2,3)22-15(19)8-6-4-5-7-12-9-10-13(18(20)21)11-14(12)17;1-15(2,3)22-14(19)16-7-6-11-8-10-4-5-12(18(20)21)9-13(10)17-11;2*1-2(3)4;/h9-11H,4,6,8,17H2,1-3H3;4-5,8-9,17H,6-7H2,1-3H3,(H,16,19);2*1H3,(H,3,4);. The van der Waals surface area contributed by atoms with Crippen molar-refractivity contribution >= 4 is 52.0 Å². The fourth-order valence-corrected chi connectivity index (χ4v) is 3.69. The van der Waals surface area contributed by atoms with Crippen molar-refractivity contribution in [3.8, 4) is 11.8 Å². The number of H-pyrrole nitrogens is 1. The van der Waals surface area contributed by atoms with Gasteiger partial charge in [-0.2, -0.15) is 0 Å². The number of aliphatic carboxylic acids is 2. The number of aromatic nitrogens is 1. The number of amides is 1. The molecule has 3 aromatic rings. The second-order valence-electron chi connectivity index (χ2n) is 12.8. The zero-order chi connectivity index (χ0) is 40.2. The number of carboxylic acid groups (broad SMARTS) is 2. The number of esters is 1. The van der Waals surface area contributed by atoms with Gasteiger partial charge >= 0.3 is 12.1 Å². The van der Waals surface area contributed by atoms with Crippen LogP contribution < -0.4 is 11.1 Å². The van der Waals surface area contributed by atoms with Crippen molar-refractivity contribution in [1.82, 2.24) is 10.3 Å². The first-order chi connectivity index (χ1) is 23.9. The molecular formula is C35H47CuN5O12. The number of nitrogens with two attached hydrogens (primary N) is 1. The average molecular weight is 793 g/mol. The van der Waals surface area contributed by atoms with Crippen LogP contribution in [0.5, 0.6) is 0 Å². The zero-order valence-corrected chi connectivity index (χ0v) is 31.8. The smallest absolute Gasteiger partial charge is 0.407 e. The van der Waals surface area contributed by atoms with Crippen molar-refractivity contribution in [3.05, 3.63) is 74.0 Å². The number of nitro groups is 2. The second-order valence-corrected chi connectivity index (χ2v) is 12.8. The number of carboxylic acids is 2. The van der Waals surface area contributed by atoms with Crippen LogP contribution in [0.3, 0.4) is 0 Å². The van der Waals surface area contributed by atoms with E-state index in [1.807, 2.05) is 26.8 Å². The zero-order valence-electron chi connectivity index (χ0n) is 30.8. The van der Waals surface area contributed by atoms with Crippen molar-refractivity contribution in [1.29, 1.82) is 0 Å². The van der Waals surface area contributed by atoms with Crippen molar-refractivity contribution in [3.63, 3.8) is 0 Å². The Morgan fingerprint density at radius 1 is 0.868 bits per heavy atom. The van der Waals surface area contributed by atoms with Crippen molar-refractivity contribution < 1.29 is 65.8 Å². The largest absolute Gasteiger partial charge is 0.481 e. The summed E-state index contributed by atoms with van der Waals surface area (Å²) in [6, 6.07) is 10.8. The average Bonchev–Trinajstić information content (AvgIpc) is 3.37. The van der Waals surface area contributed by atoms with E-state index >= 15 is 0 Å². The number of anilines is 1. The third-order valence-corrected chi connectivity index (χ3v) is 5.51. The molecule has 1 heterocycles. The normalized spacial score (nSPS) is 10.0. The van der Waals surface area contributed by atoms with Gasteiger partial charge in [0.15, 0.2) is 0 Å². The monoisotopic (exact) mass is 792 g/mol. The quantitative estimate of drug-likeness (QED) is 0.0316. The van der Waals surface area contributed by atoms with Crippen LogP contribution in [0.2, 0.25) is 0 Å². The third kappa shape index (κ3) is 25.0. The number of ether oxygens (including phenoxy) is 2. The van der Waals surface area contributed by atoms with Gasteiger partial charge in [0.05, 0.1) is 21.1 Å². The number of non-ortho nitro benzene ring substituents is 2. The van der Waals surface area contributed by atoms with Crippen LogP contribution in [0.15, 0.2) is 42.5 Å². The van der Waals surface area contributed by atoms with Crippen molar-refractivity contribution in [2.75, 3.05) is 12.3 Å². The second kappa shape index (κ2) is 23.7. The number of carbonyl (C=O) groups is 4. The molecule has 0 aliphatic carbocycles. The Morgan fingerprint density at radius 2 is 1.38 bits per heavy atom. The number of unbranched alkanes of at least 4 members (excludes halogenated alkanes) is 1. The maximum absolute atomic E-state index is 11.5. The molecule has 0 fully saturated rings. The number of carbonyl (C=O) groups excluding carboxylic acids is 2. The molecular weight excluding hydrogens is 746 g/mol. The molecule has 53 heavy (non-hydrogen) atoms. The van der Waals surface area contributed by atoms with Crippen LogP contribution in [-0.2, 0) is 47.3 Å². The Morgan fingerprint density at radius 3 is 1.87 bits per heavy atom. The van der Waals surface area contributed by atoms with E-state index in [9.17, 15) is 29.8 Å². The molecule has 2 aromatic carbocycles. The summed E-state index contributed by atoms with van der Waals surface area (Å²) in [5.74, 6) is 3.84. The van der Waals surface area contributed by atoms with Gasteiger partial charge in [-0.3, -0.25) is 34.6 Å². The van der Waals surface area contributed by atoms with Crippen LogP contribution >= 0.6 is 0 Å². The minimum Gasteiger partial charge on any atom is -0.481 e. The molecule has 0 saturated heterocycles. The molecule has 18 heteroatoms. The predicted molar refractivity (Wildman–Crippen MR) is 194 cm³/mol. The number of benzene rings is 2. The number of rotatable bonds is 8. The van der Waals surface area contributed by atoms with Crippen LogP contribution in [0.25, 0.3) is 10.9 Å². The number of nitrogens with zero attached hydrogens (tertiary/aromatic N) is 2. The minimum absolute atomic E-state index is 0. The molecule has 17 nitrogen and oxygen atoms in total. The van der Waals surface area contributed by atoms with Gasteiger partial charge in [-0.15, -0.1) is 0 Å². The van der Waals surface area contributed by atoms with Crippen LogP contribution in [-0.4, -0.2) is 66.8 Å². The van der Waals surface area contributed by atoms with Gasteiger partial charge in [-0.05, 0) is 66.2 Å². The van der Waals surface area contributed by atoms with Crippen molar-refractivity contribution in [2.24, 2.45) is 0 Å². The van der Waals surface area contributed by atoms with Gasteiger partial charge < -0.3 is 35.7 Å². The molecule has 3 rings (SSSR count). The van der Waals surface area contributed by atoms with E-state index in [1.54, 1.807) is 26.8 Å². The van der Waals surface area contributed by atoms with Crippen LogP contribution in [0, 0.1) is 32.1 Å². The van der Waals surface area contributed by atoms with Gasteiger partial charge in [0, 0.05) is 97.6 Å². The summed E-state index contributed by atoms with van der Waals surface area (Å²) in [5.41, 5.74) is 7.12. The maximum Gasteiger partial charge on any atom is 0.407 e. The molecule has 0 aliphatic rings. The summed E-state index contributed by atoms with van der Waals surface area (Å²) in [6.45, 7) is 13.5. The Kier molecular flexibility index (Phi) is 22.2. The molecule has 0 bridgehead atoms. The number of nitro benzene ring substituents is 2. The van der Waals surface area contributed by atoms with E-state index < -0.39 is 39.1 Å². The first kappa shape index (κ1) is 49.5. The summed E-state index contributed by atoms with van der Waals surface area (Å²) in [7, 11) is 0. The summed E-state index contributed by atoms with van der Waals surface area (Å²) in [4.78, 5) is 64.5. The van der Waals surface area contributed by atoms with Gasteiger partial charge in [0.2, 0.25) is 0 Å². The first-order valence-corrected chi connectivity index (χ1v) is 15.8. The van der Waals surface area contributed by atoms with Crippen molar-refractivity contribution in [2.45, 2.75) is 92.3 Å². The van der Waals surface area contributed by atoms with Gasteiger partial charge in [0.1, 0.15) is 11.2 Å². The van der Waals surface area contributed by atoms with Gasteiger partial charge in [-0.25, -0.2) is 4.79 Å². The van der Waals surface area contributed by atoms with Gasteiger partial charge in [0.25, 0.3) is 23.3 Å². The minimum atomic E-state index is -0.833. The molecule has 0 spiro atoms. The fraction of sp³-hybridized carbons (Fsp3) is 0.429. The Labute approximate surface area is 317 Å². The number of fused-ring (bicyclic) bond motifs is 1. The first-order valence-electron chi connectivity index (χ1n) is 15.8. The number of hydrogen-bond donors (Lipinski definition) is 5. The van der Waals surface area contributed by atoms with Crippen LogP contribution in [0.1, 0.15) is 85.9 Å². The van der Waals surface area contributed by atoms with Crippen LogP contribution in [0.4, 0.5) is 21.9 Å². The number of nitrogen functional groups attached to an aromatic ring is 1. The van der Waals surface area contributed by atoms with Gasteiger partial charge in [-0.1, -0.05) is 11.8 Å². The molecule has 1 radical (unpaired) electrons. The molecule has 295 valence electrons. The number of hydrogen-bond acceptors (Lipinski definition) is 11. The molecule has 0 aliphatic heterocycles. The maximum atomic E-state index is 11.5. The Bertz CT molecular complexity index is 1750. The SMILES string of the molecule is CC(=O)O.CC(=O)O.CC(C)(C)OC(=O)CCCC#Cc1ccc([N+](=O)[O-])cc1N.CC(C)(C)OC(=O)NCCc1cc2ccc([N+](=O)[O-])cc2[nH]1.[Cu]. The summed E-state index contributed by atoms with van der Waals surface area (Å²) in [6.07, 6.45) is 1.55. The third-order valence-electron chi connectivity index (χ3n) is 5.51. The summed E-state index contributed by atoms with van der Waals surface area (Å²) >= 11 is 0. The van der Waals surface area contributed by atoms with E-state index in [0.717, 1.165) is 24.9 Å².